The van der Waals surface area contributed by atoms with E-state index < -0.39 is 11.9 Å². The van der Waals surface area contributed by atoms with Gasteiger partial charge in [-0.2, -0.15) is 0 Å². The van der Waals surface area contributed by atoms with Gasteiger partial charge in [0.15, 0.2) is 0 Å². The molecule has 4 N–H and O–H groups in total. The van der Waals surface area contributed by atoms with Crippen LogP contribution in [-0.4, -0.2) is 11.9 Å². The second-order valence-corrected chi connectivity index (χ2v) is 4.23. The Bertz CT molecular complexity index is 536. The number of primary amides is 1. The maximum absolute atomic E-state index is 10.8. The number of hydrogen-bond acceptors (Lipinski definition) is 2. The van der Waals surface area contributed by atoms with E-state index >= 15 is 0 Å². The summed E-state index contributed by atoms with van der Waals surface area (Å²) in [6.45, 7) is 0. The Morgan fingerprint density at radius 3 is 2.53 bits per heavy atom. The number of hydrogen-bond donors (Lipinski definition) is 2. The minimum Gasteiger partial charge on any atom is -0.368 e. The standard InChI is InChI=1S/C14H16N2O/c15-13(14(16)17)8-6-10-5-7-11-3-1-2-4-12(11)9-10/h1-5,7,9,13H,6,8,15H2,(H2,16,17). The Labute approximate surface area is 100 Å². The summed E-state index contributed by atoms with van der Waals surface area (Å²) in [6, 6.07) is 13.9. The molecule has 17 heavy (non-hydrogen) atoms. The van der Waals surface area contributed by atoms with Gasteiger partial charge in [0.2, 0.25) is 5.91 Å². The predicted octanol–water partition coefficient (Wildman–Crippen LogP) is 1.58. The SMILES string of the molecule is NC(=O)C(N)CCc1ccc2ccccc2c1. The molecule has 0 aliphatic rings. The fraction of sp³-hybridized carbons (Fsp3) is 0.214. The zero-order chi connectivity index (χ0) is 12.3. The summed E-state index contributed by atoms with van der Waals surface area (Å²) in [4.78, 5) is 10.8. The third-order valence-corrected chi connectivity index (χ3v) is 2.92. The highest BCUT2D eigenvalue weighted by molar-refractivity contribution is 5.83. The molecule has 2 aromatic carbocycles. The van der Waals surface area contributed by atoms with Crippen molar-refractivity contribution in [2.45, 2.75) is 18.9 Å². The number of carbonyl (C=O) groups excluding carboxylic acids is 1. The van der Waals surface area contributed by atoms with Crippen LogP contribution in [0, 0.1) is 0 Å². The van der Waals surface area contributed by atoms with Crippen molar-refractivity contribution in [2.24, 2.45) is 11.5 Å². The van der Waals surface area contributed by atoms with Gasteiger partial charge in [-0.1, -0.05) is 42.5 Å². The van der Waals surface area contributed by atoms with E-state index in [0.29, 0.717) is 6.42 Å². The number of fused-ring (bicyclic) bond motifs is 1. The first-order valence-electron chi connectivity index (χ1n) is 5.69. The fourth-order valence-corrected chi connectivity index (χ4v) is 1.86. The summed E-state index contributed by atoms with van der Waals surface area (Å²) in [5, 5.41) is 2.42. The monoisotopic (exact) mass is 228 g/mol. The molecule has 88 valence electrons. The van der Waals surface area contributed by atoms with Crippen LogP contribution in [0.5, 0.6) is 0 Å². The zero-order valence-corrected chi connectivity index (χ0v) is 9.60. The van der Waals surface area contributed by atoms with Crippen LogP contribution in [0.25, 0.3) is 10.8 Å². The van der Waals surface area contributed by atoms with Gasteiger partial charge in [-0.15, -0.1) is 0 Å². The third kappa shape index (κ3) is 2.82. The minimum atomic E-state index is -0.554. The summed E-state index contributed by atoms with van der Waals surface area (Å²) >= 11 is 0. The van der Waals surface area contributed by atoms with Gasteiger partial charge in [-0.25, -0.2) is 0 Å². The van der Waals surface area contributed by atoms with E-state index in [1.54, 1.807) is 0 Å². The van der Waals surface area contributed by atoms with Crippen molar-refractivity contribution in [3.8, 4) is 0 Å². The molecule has 2 aromatic rings. The van der Waals surface area contributed by atoms with Crippen LogP contribution >= 0.6 is 0 Å². The molecular formula is C14H16N2O. The number of carbonyl (C=O) groups is 1. The first-order chi connectivity index (χ1) is 8.16. The van der Waals surface area contributed by atoms with Gasteiger partial charge in [0.1, 0.15) is 0 Å². The lowest BCUT2D eigenvalue weighted by Crippen LogP contribution is -2.36. The predicted molar refractivity (Wildman–Crippen MR) is 69.4 cm³/mol. The van der Waals surface area contributed by atoms with Crippen LogP contribution in [0.15, 0.2) is 42.5 Å². The quantitative estimate of drug-likeness (QED) is 0.834. The maximum Gasteiger partial charge on any atom is 0.234 e. The van der Waals surface area contributed by atoms with Crippen LogP contribution < -0.4 is 11.5 Å². The van der Waals surface area contributed by atoms with Crippen LogP contribution in [0.3, 0.4) is 0 Å². The van der Waals surface area contributed by atoms with Gasteiger partial charge in [0.05, 0.1) is 6.04 Å². The smallest absolute Gasteiger partial charge is 0.234 e. The molecule has 0 saturated heterocycles. The molecule has 2 rings (SSSR count). The van der Waals surface area contributed by atoms with Crippen molar-refractivity contribution in [2.75, 3.05) is 0 Å². The lowest BCUT2D eigenvalue weighted by molar-refractivity contribution is -0.119. The first kappa shape index (κ1) is 11.6. The number of amides is 1. The van der Waals surface area contributed by atoms with Gasteiger partial charge in [-0.3, -0.25) is 4.79 Å². The second kappa shape index (κ2) is 4.97. The molecule has 0 aromatic heterocycles. The summed E-state index contributed by atoms with van der Waals surface area (Å²) in [6.07, 6.45) is 1.36. The average Bonchev–Trinajstić information content (AvgIpc) is 2.35. The van der Waals surface area contributed by atoms with Crippen LogP contribution in [0.2, 0.25) is 0 Å². The lowest BCUT2D eigenvalue weighted by atomic mass is 10.0. The molecule has 0 radical (unpaired) electrons. The number of aryl methyl sites for hydroxylation is 1. The molecule has 0 aliphatic carbocycles. The summed E-state index contributed by atoms with van der Waals surface area (Å²) in [5.41, 5.74) is 11.9. The van der Waals surface area contributed by atoms with Gasteiger partial charge in [-0.05, 0) is 29.2 Å². The van der Waals surface area contributed by atoms with E-state index in [-0.39, 0.29) is 0 Å². The van der Waals surface area contributed by atoms with E-state index in [2.05, 4.69) is 30.3 Å². The van der Waals surface area contributed by atoms with Gasteiger partial charge in [0, 0.05) is 0 Å². The van der Waals surface area contributed by atoms with Crippen molar-refractivity contribution < 1.29 is 4.79 Å². The molecule has 1 atom stereocenters. The molecule has 3 heteroatoms. The summed E-state index contributed by atoms with van der Waals surface area (Å²) < 4.78 is 0. The summed E-state index contributed by atoms with van der Waals surface area (Å²) in [5.74, 6) is -0.439. The molecule has 1 amide bonds. The third-order valence-electron chi connectivity index (χ3n) is 2.92. The minimum absolute atomic E-state index is 0.439. The topological polar surface area (TPSA) is 69.1 Å². The molecule has 1 unspecified atom stereocenters. The van der Waals surface area contributed by atoms with E-state index in [4.69, 9.17) is 11.5 Å². The van der Waals surface area contributed by atoms with Gasteiger partial charge in [0.25, 0.3) is 0 Å². The highest BCUT2D eigenvalue weighted by Crippen LogP contribution is 2.16. The van der Waals surface area contributed by atoms with E-state index in [1.807, 2.05) is 12.1 Å². The normalized spacial score (nSPS) is 12.5. The Kier molecular flexibility index (Phi) is 3.40. The van der Waals surface area contributed by atoms with Crippen LogP contribution in [0.1, 0.15) is 12.0 Å². The van der Waals surface area contributed by atoms with Gasteiger partial charge >= 0.3 is 0 Å². The Balaban J connectivity index is 2.12. The van der Waals surface area contributed by atoms with Crippen molar-refractivity contribution >= 4 is 16.7 Å². The molecular weight excluding hydrogens is 212 g/mol. The summed E-state index contributed by atoms with van der Waals surface area (Å²) in [7, 11) is 0. The molecule has 0 bridgehead atoms. The molecule has 0 saturated carbocycles. The van der Waals surface area contributed by atoms with E-state index in [0.717, 1.165) is 6.42 Å². The average molecular weight is 228 g/mol. The lowest BCUT2D eigenvalue weighted by Gasteiger charge is -2.07. The number of nitrogens with two attached hydrogens (primary N) is 2. The zero-order valence-electron chi connectivity index (χ0n) is 9.60. The molecule has 0 spiro atoms. The maximum atomic E-state index is 10.8. The van der Waals surface area contributed by atoms with E-state index in [9.17, 15) is 4.79 Å². The van der Waals surface area contributed by atoms with Gasteiger partial charge < -0.3 is 11.5 Å². The fourth-order valence-electron chi connectivity index (χ4n) is 1.86. The molecule has 0 heterocycles. The van der Waals surface area contributed by atoms with Crippen molar-refractivity contribution in [1.82, 2.24) is 0 Å². The highest BCUT2D eigenvalue weighted by atomic mass is 16.1. The van der Waals surface area contributed by atoms with Crippen molar-refractivity contribution in [1.29, 1.82) is 0 Å². The van der Waals surface area contributed by atoms with Crippen LogP contribution in [-0.2, 0) is 11.2 Å². The number of rotatable bonds is 4. The largest absolute Gasteiger partial charge is 0.368 e. The van der Waals surface area contributed by atoms with E-state index in [1.165, 1.54) is 16.3 Å². The van der Waals surface area contributed by atoms with Crippen LogP contribution in [0.4, 0.5) is 0 Å². The second-order valence-electron chi connectivity index (χ2n) is 4.23. The Morgan fingerprint density at radius 1 is 1.12 bits per heavy atom. The molecule has 0 fully saturated rings. The Morgan fingerprint density at radius 2 is 1.82 bits per heavy atom. The van der Waals surface area contributed by atoms with Crippen molar-refractivity contribution in [3.05, 3.63) is 48.0 Å². The van der Waals surface area contributed by atoms with Crippen molar-refractivity contribution in [3.63, 3.8) is 0 Å². The highest BCUT2D eigenvalue weighted by Gasteiger charge is 2.08. The number of benzene rings is 2. The first-order valence-corrected chi connectivity index (χ1v) is 5.69. The Hall–Kier alpha value is -1.87. The molecule has 3 nitrogen and oxygen atoms in total. The molecule has 0 aliphatic heterocycles.